The first-order valence-electron chi connectivity index (χ1n) is 3.29. The number of aryl methyl sites for hydroxylation is 1. The van der Waals surface area contributed by atoms with Gasteiger partial charge in [0.1, 0.15) is 0 Å². The van der Waals surface area contributed by atoms with Crippen LogP contribution in [0.3, 0.4) is 0 Å². The lowest BCUT2D eigenvalue weighted by Crippen LogP contribution is -2.07. The largest absolute Gasteiger partial charge is 0.411 e. The second-order valence-corrected chi connectivity index (χ2v) is 3.90. The van der Waals surface area contributed by atoms with Gasteiger partial charge in [-0.25, -0.2) is 9.18 Å². The van der Waals surface area contributed by atoms with Gasteiger partial charge in [-0.05, 0) is 0 Å². The molecular weight excluding hydrogens is 257 g/mol. The molecule has 0 bridgehead atoms. The predicted octanol–water partition coefficient (Wildman–Crippen LogP) is 2.72. The first kappa shape index (κ1) is 11.6. The summed E-state index contributed by atoms with van der Waals surface area (Å²) >= 11 is 15.2. The second kappa shape index (κ2) is 3.92. The quantitative estimate of drug-likeness (QED) is 0.607. The molecule has 1 aromatic heterocycles. The summed E-state index contributed by atoms with van der Waals surface area (Å²) in [5.41, 5.74) is -1.55. The number of hydrogen-bond acceptors (Lipinski definition) is 3. The molecule has 1 heterocycles. The van der Waals surface area contributed by atoms with Crippen molar-refractivity contribution in [3.63, 3.8) is 0 Å². The fraction of sp³-hybridized carbons (Fsp3) is 0.333. The molecular formula is C6H4Cl3FN2O2. The van der Waals surface area contributed by atoms with Gasteiger partial charge in [0.25, 0.3) is 0 Å². The molecule has 0 aliphatic heterocycles. The van der Waals surface area contributed by atoms with Gasteiger partial charge in [-0.2, -0.15) is 5.10 Å². The summed E-state index contributed by atoms with van der Waals surface area (Å²) < 4.78 is 15.9. The summed E-state index contributed by atoms with van der Waals surface area (Å²) in [4.78, 5) is 10.4. The molecule has 0 aliphatic rings. The molecule has 1 rings (SSSR count). The van der Waals surface area contributed by atoms with Crippen molar-refractivity contribution in [2.45, 2.75) is 4.59 Å². The minimum absolute atomic E-state index is 0.222. The van der Waals surface area contributed by atoms with Crippen LogP contribution in [0.4, 0.5) is 9.18 Å². The summed E-state index contributed by atoms with van der Waals surface area (Å²) in [5, 5.41) is 3.58. The Bertz CT molecular complexity index is 360. The maximum Gasteiger partial charge on any atom is 0.409 e. The molecule has 8 heteroatoms. The Morgan fingerprint density at radius 2 is 2.29 bits per heavy atom. The number of halogens is 4. The van der Waals surface area contributed by atoms with Crippen molar-refractivity contribution >= 4 is 40.2 Å². The average Bonchev–Trinajstić information content (AvgIpc) is 2.28. The Morgan fingerprint density at radius 1 is 1.71 bits per heavy atom. The zero-order valence-corrected chi connectivity index (χ0v) is 9.07. The van der Waals surface area contributed by atoms with Gasteiger partial charge in [-0.3, -0.25) is 4.68 Å². The van der Waals surface area contributed by atoms with Crippen molar-refractivity contribution in [3.8, 4) is 5.75 Å². The van der Waals surface area contributed by atoms with Crippen LogP contribution in [-0.4, -0.2) is 15.2 Å². The zero-order chi connectivity index (χ0) is 10.9. The molecule has 0 N–H and O–H groups in total. The Balaban J connectivity index is 3.09. The summed E-state index contributed by atoms with van der Waals surface area (Å²) in [6, 6.07) is 0. The molecule has 0 atom stereocenters. The van der Waals surface area contributed by atoms with Crippen LogP contribution >= 0.6 is 34.8 Å². The lowest BCUT2D eigenvalue weighted by molar-refractivity contribution is 0.224. The molecule has 0 saturated carbocycles. The van der Waals surface area contributed by atoms with Crippen LogP contribution in [0.1, 0.15) is 5.69 Å². The van der Waals surface area contributed by atoms with E-state index in [1.54, 1.807) is 0 Å². The Kier molecular flexibility index (Phi) is 3.24. The van der Waals surface area contributed by atoms with Gasteiger partial charge >= 0.3 is 10.0 Å². The number of rotatable bonds is 2. The highest BCUT2D eigenvalue weighted by Gasteiger charge is 2.34. The summed E-state index contributed by atoms with van der Waals surface area (Å²) in [7, 11) is 1.48. The average molecular weight is 261 g/mol. The first-order chi connectivity index (χ1) is 6.30. The highest BCUT2D eigenvalue weighted by atomic mass is 35.5. The van der Waals surface area contributed by atoms with E-state index in [4.69, 9.17) is 34.8 Å². The summed E-state index contributed by atoms with van der Waals surface area (Å²) in [6.45, 7) is 0. The van der Waals surface area contributed by atoms with Gasteiger partial charge in [-0.1, -0.05) is 23.2 Å². The van der Waals surface area contributed by atoms with Gasteiger partial charge in [0, 0.05) is 18.6 Å². The molecule has 0 radical (unpaired) electrons. The number of alkyl halides is 3. The van der Waals surface area contributed by atoms with E-state index in [9.17, 15) is 9.18 Å². The fourth-order valence-corrected chi connectivity index (χ4v) is 1.17. The molecule has 0 amide bonds. The lowest BCUT2D eigenvalue weighted by atomic mass is 10.4. The fourth-order valence-electron chi connectivity index (χ4n) is 0.824. The summed E-state index contributed by atoms with van der Waals surface area (Å²) in [5.74, 6) is -0.222. The summed E-state index contributed by atoms with van der Waals surface area (Å²) in [6.07, 6.45) is 1.22. The molecule has 1 aromatic rings. The number of hydrogen-bond donors (Lipinski definition) is 0. The van der Waals surface area contributed by atoms with Crippen LogP contribution in [0.2, 0.25) is 0 Å². The maximum absolute atomic E-state index is 13.1. The third-order valence-corrected chi connectivity index (χ3v) is 1.69. The van der Waals surface area contributed by atoms with Gasteiger partial charge in [0.05, 0.1) is 6.20 Å². The molecule has 0 spiro atoms. The normalized spacial score (nSPS) is 11.5. The van der Waals surface area contributed by atoms with Gasteiger partial charge < -0.3 is 4.74 Å². The highest BCUT2D eigenvalue weighted by Crippen LogP contribution is 2.39. The third kappa shape index (κ3) is 2.73. The monoisotopic (exact) mass is 260 g/mol. The van der Waals surface area contributed by atoms with E-state index in [0.29, 0.717) is 0 Å². The number of nitrogens with zero attached hydrogens (tertiary/aromatic N) is 2. The van der Waals surface area contributed by atoms with Crippen molar-refractivity contribution in [2.75, 3.05) is 0 Å². The van der Waals surface area contributed by atoms with Crippen molar-refractivity contribution in [2.24, 2.45) is 7.05 Å². The van der Waals surface area contributed by atoms with E-state index in [-0.39, 0.29) is 5.75 Å². The number of carbonyl (C=O) groups is 1. The van der Waals surface area contributed by atoms with E-state index in [1.807, 2.05) is 0 Å². The Morgan fingerprint density at radius 3 is 2.71 bits per heavy atom. The maximum atomic E-state index is 13.1. The van der Waals surface area contributed by atoms with Crippen LogP contribution < -0.4 is 4.74 Å². The molecule has 78 valence electrons. The van der Waals surface area contributed by atoms with E-state index in [2.05, 4.69) is 9.84 Å². The lowest BCUT2D eigenvalue weighted by Gasteiger charge is -2.06. The number of ether oxygens (including phenoxy) is 1. The number of aromatic nitrogens is 2. The number of carbonyl (C=O) groups excluding carboxylic acids is 1. The van der Waals surface area contributed by atoms with Gasteiger partial charge in [0.2, 0.25) is 0 Å². The van der Waals surface area contributed by atoms with E-state index in [1.165, 1.54) is 17.9 Å². The minimum atomic E-state index is -2.73. The topological polar surface area (TPSA) is 44.1 Å². The third-order valence-electron chi connectivity index (χ3n) is 1.25. The minimum Gasteiger partial charge on any atom is -0.411 e. The van der Waals surface area contributed by atoms with E-state index < -0.39 is 15.7 Å². The van der Waals surface area contributed by atoms with Crippen molar-refractivity contribution in [3.05, 3.63) is 11.9 Å². The van der Waals surface area contributed by atoms with Gasteiger partial charge in [-0.15, -0.1) is 0 Å². The molecule has 0 fully saturated rings. The molecule has 0 aliphatic carbocycles. The van der Waals surface area contributed by atoms with Crippen LogP contribution in [0.25, 0.3) is 0 Å². The Labute approximate surface area is 93.5 Å². The Hall–Kier alpha value is -0.520. The van der Waals surface area contributed by atoms with Crippen LogP contribution in [0.15, 0.2) is 6.20 Å². The first-order valence-corrected chi connectivity index (χ1v) is 4.42. The zero-order valence-electron chi connectivity index (χ0n) is 6.80. The molecule has 14 heavy (non-hydrogen) atoms. The standard InChI is InChI=1S/C6H4Cl3FN2O2/c1-12-2-3(14-5(7)13)4(11-12)6(8,9)10/h2H,1H3. The van der Waals surface area contributed by atoms with Crippen LogP contribution in [-0.2, 0) is 11.6 Å². The highest BCUT2D eigenvalue weighted by molar-refractivity contribution is 6.61. The van der Waals surface area contributed by atoms with Gasteiger partial charge in [0.15, 0.2) is 11.4 Å². The SMILES string of the molecule is Cn1cc(OC(=O)Cl)c(C(F)(Cl)Cl)n1. The smallest absolute Gasteiger partial charge is 0.409 e. The molecule has 4 nitrogen and oxygen atoms in total. The molecule has 0 unspecified atom stereocenters. The molecule has 0 saturated heterocycles. The van der Waals surface area contributed by atoms with Crippen LogP contribution in [0.5, 0.6) is 5.75 Å². The van der Waals surface area contributed by atoms with Crippen molar-refractivity contribution < 1.29 is 13.9 Å². The molecule has 0 aromatic carbocycles. The van der Waals surface area contributed by atoms with Crippen molar-refractivity contribution in [1.82, 2.24) is 9.78 Å². The van der Waals surface area contributed by atoms with E-state index >= 15 is 0 Å². The predicted molar refractivity (Wildman–Crippen MR) is 49.6 cm³/mol. The van der Waals surface area contributed by atoms with Crippen LogP contribution in [0, 0.1) is 0 Å². The second-order valence-electron chi connectivity index (χ2n) is 2.35. The van der Waals surface area contributed by atoms with Crippen molar-refractivity contribution in [1.29, 1.82) is 0 Å². The van der Waals surface area contributed by atoms with E-state index in [0.717, 1.165) is 0 Å².